The van der Waals surface area contributed by atoms with E-state index < -0.39 is 0 Å². The highest BCUT2D eigenvalue weighted by Crippen LogP contribution is 2.27. The summed E-state index contributed by atoms with van der Waals surface area (Å²) >= 11 is 5.94. The van der Waals surface area contributed by atoms with Crippen LogP contribution in [0.5, 0.6) is 11.5 Å². The van der Waals surface area contributed by atoms with Crippen LogP contribution in [-0.4, -0.2) is 43.5 Å². The van der Waals surface area contributed by atoms with E-state index in [9.17, 15) is 9.59 Å². The molecule has 0 aliphatic carbocycles. The fourth-order valence-corrected chi connectivity index (χ4v) is 2.67. The zero-order valence-electron chi connectivity index (χ0n) is 15.6. The number of hydrogen-bond donors (Lipinski definition) is 1. The molecule has 0 saturated heterocycles. The van der Waals surface area contributed by atoms with Crippen LogP contribution in [0.2, 0.25) is 5.02 Å². The molecule has 0 unspecified atom stereocenters. The van der Waals surface area contributed by atoms with Gasteiger partial charge in [0.25, 0.3) is 11.8 Å². The first-order valence-corrected chi connectivity index (χ1v) is 9.01. The van der Waals surface area contributed by atoms with Crippen LogP contribution in [0.15, 0.2) is 42.5 Å². The molecule has 2 amide bonds. The molecule has 2 aromatic carbocycles. The molecule has 7 heteroatoms. The van der Waals surface area contributed by atoms with Gasteiger partial charge in [0, 0.05) is 23.7 Å². The largest absolute Gasteiger partial charge is 0.495 e. The number of nitrogens with one attached hydrogen (secondary N) is 1. The molecular formula is C20H23ClN2O4. The number of benzene rings is 2. The summed E-state index contributed by atoms with van der Waals surface area (Å²) < 4.78 is 10.7. The third-order valence-corrected chi connectivity index (χ3v) is 4.19. The summed E-state index contributed by atoms with van der Waals surface area (Å²) in [5.74, 6) is 0.627. The minimum atomic E-state index is -0.348. The van der Waals surface area contributed by atoms with Crippen LogP contribution in [0.3, 0.4) is 0 Å². The summed E-state index contributed by atoms with van der Waals surface area (Å²) in [7, 11) is 1.51. The third kappa shape index (κ3) is 5.62. The maximum absolute atomic E-state index is 12.3. The van der Waals surface area contributed by atoms with Gasteiger partial charge in [-0.2, -0.15) is 0 Å². The zero-order valence-corrected chi connectivity index (χ0v) is 16.4. The van der Waals surface area contributed by atoms with Crippen molar-refractivity contribution in [3.8, 4) is 11.5 Å². The van der Waals surface area contributed by atoms with E-state index in [-0.39, 0.29) is 18.4 Å². The molecule has 6 nitrogen and oxygen atoms in total. The molecule has 27 heavy (non-hydrogen) atoms. The first kappa shape index (κ1) is 20.6. The lowest BCUT2D eigenvalue weighted by Crippen LogP contribution is -2.30. The summed E-state index contributed by atoms with van der Waals surface area (Å²) in [6, 6.07) is 11.7. The number of amides is 2. The first-order chi connectivity index (χ1) is 13.0. The second-order valence-corrected chi connectivity index (χ2v) is 6.12. The molecule has 2 rings (SSSR count). The molecule has 0 atom stereocenters. The van der Waals surface area contributed by atoms with Crippen molar-refractivity contribution in [3.05, 3.63) is 53.1 Å². The zero-order chi connectivity index (χ0) is 19.8. The maximum atomic E-state index is 12.3. The number of nitrogens with zero attached hydrogens (tertiary/aromatic N) is 1. The van der Waals surface area contributed by atoms with E-state index in [4.69, 9.17) is 21.1 Å². The normalized spacial score (nSPS) is 10.2. The van der Waals surface area contributed by atoms with Crippen molar-refractivity contribution in [1.29, 1.82) is 0 Å². The number of methoxy groups -OCH3 is 1. The van der Waals surface area contributed by atoms with Gasteiger partial charge in [0.15, 0.2) is 6.61 Å². The minimum absolute atomic E-state index is 0.0302. The van der Waals surface area contributed by atoms with Gasteiger partial charge in [0.05, 0.1) is 12.8 Å². The molecule has 0 aromatic heterocycles. The Kier molecular flexibility index (Phi) is 7.49. The average Bonchev–Trinajstić information content (AvgIpc) is 2.68. The molecular weight excluding hydrogens is 368 g/mol. The molecule has 144 valence electrons. The van der Waals surface area contributed by atoms with E-state index in [0.29, 0.717) is 40.9 Å². The Morgan fingerprint density at radius 1 is 1.07 bits per heavy atom. The van der Waals surface area contributed by atoms with Crippen molar-refractivity contribution in [2.75, 3.05) is 32.1 Å². The highest BCUT2D eigenvalue weighted by atomic mass is 35.5. The van der Waals surface area contributed by atoms with Gasteiger partial charge in [-0.25, -0.2) is 0 Å². The molecule has 0 heterocycles. The average molecular weight is 391 g/mol. The van der Waals surface area contributed by atoms with Crippen molar-refractivity contribution < 1.29 is 19.1 Å². The molecule has 0 spiro atoms. The van der Waals surface area contributed by atoms with Gasteiger partial charge in [-0.15, -0.1) is 0 Å². The lowest BCUT2D eigenvalue weighted by molar-refractivity contribution is -0.118. The van der Waals surface area contributed by atoms with Gasteiger partial charge in [-0.05, 0) is 56.3 Å². The van der Waals surface area contributed by atoms with Crippen LogP contribution in [0.25, 0.3) is 0 Å². The van der Waals surface area contributed by atoms with Crippen LogP contribution < -0.4 is 14.8 Å². The summed E-state index contributed by atoms with van der Waals surface area (Å²) in [6.07, 6.45) is 0. The highest BCUT2D eigenvalue weighted by molar-refractivity contribution is 6.31. The molecule has 2 aromatic rings. The molecule has 0 radical (unpaired) electrons. The van der Waals surface area contributed by atoms with Crippen molar-refractivity contribution in [2.45, 2.75) is 13.8 Å². The number of carbonyl (C=O) groups is 2. The van der Waals surface area contributed by atoms with Gasteiger partial charge in [-0.1, -0.05) is 11.6 Å². The number of carbonyl (C=O) groups excluding carboxylic acids is 2. The summed E-state index contributed by atoms with van der Waals surface area (Å²) in [6.45, 7) is 5.00. The van der Waals surface area contributed by atoms with E-state index in [1.165, 1.54) is 7.11 Å². The summed E-state index contributed by atoms with van der Waals surface area (Å²) in [4.78, 5) is 26.1. The quantitative estimate of drug-likeness (QED) is 0.743. The van der Waals surface area contributed by atoms with Gasteiger partial charge < -0.3 is 19.7 Å². The monoisotopic (exact) mass is 390 g/mol. The Balaban J connectivity index is 1.94. The standard InChI is InChI=1S/C20H23ClN2O4/c1-4-23(5-2)20(25)14-6-9-16(10-7-14)27-13-19(24)22-17-12-15(21)8-11-18(17)26-3/h6-12H,4-5,13H2,1-3H3,(H,22,24). The lowest BCUT2D eigenvalue weighted by Gasteiger charge is -2.18. The first-order valence-electron chi connectivity index (χ1n) is 8.64. The Morgan fingerprint density at radius 2 is 1.74 bits per heavy atom. The molecule has 0 aliphatic heterocycles. The second-order valence-electron chi connectivity index (χ2n) is 5.68. The highest BCUT2D eigenvalue weighted by Gasteiger charge is 2.13. The fourth-order valence-electron chi connectivity index (χ4n) is 2.50. The number of anilines is 1. The van der Waals surface area contributed by atoms with Crippen molar-refractivity contribution in [2.24, 2.45) is 0 Å². The Hall–Kier alpha value is -2.73. The summed E-state index contributed by atoms with van der Waals surface area (Å²) in [5.41, 5.74) is 1.05. The topological polar surface area (TPSA) is 67.9 Å². The number of ether oxygens (including phenoxy) is 2. The van der Waals surface area contributed by atoms with E-state index in [1.54, 1.807) is 47.4 Å². The smallest absolute Gasteiger partial charge is 0.262 e. The lowest BCUT2D eigenvalue weighted by atomic mass is 10.2. The van der Waals surface area contributed by atoms with E-state index >= 15 is 0 Å². The maximum Gasteiger partial charge on any atom is 0.262 e. The van der Waals surface area contributed by atoms with Gasteiger partial charge in [0.1, 0.15) is 11.5 Å². The third-order valence-electron chi connectivity index (χ3n) is 3.96. The van der Waals surface area contributed by atoms with E-state index in [2.05, 4.69) is 5.32 Å². The molecule has 0 aliphatic rings. The minimum Gasteiger partial charge on any atom is -0.495 e. The number of rotatable bonds is 8. The van der Waals surface area contributed by atoms with Crippen LogP contribution >= 0.6 is 11.6 Å². The second kappa shape index (κ2) is 9.83. The van der Waals surface area contributed by atoms with Gasteiger partial charge >= 0.3 is 0 Å². The Morgan fingerprint density at radius 3 is 2.33 bits per heavy atom. The predicted molar refractivity (Wildman–Crippen MR) is 106 cm³/mol. The summed E-state index contributed by atoms with van der Waals surface area (Å²) in [5, 5.41) is 3.18. The van der Waals surface area contributed by atoms with Gasteiger partial charge in [0.2, 0.25) is 0 Å². The number of halogens is 1. The van der Waals surface area contributed by atoms with E-state index in [1.807, 2.05) is 13.8 Å². The molecule has 0 bridgehead atoms. The van der Waals surface area contributed by atoms with Gasteiger partial charge in [-0.3, -0.25) is 9.59 Å². The van der Waals surface area contributed by atoms with Crippen LogP contribution in [-0.2, 0) is 4.79 Å². The van der Waals surface area contributed by atoms with Crippen LogP contribution in [0.1, 0.15) is 24.2 Å². The Labute approximate surface area is 164 Å². The number of hydrogen-bond acceptors (Lipinski definition) is 4. The van der Waals surface area contributed by atoms with Crippen molar-refractivity contribution >= 4 is 29.1 Å². The van der Waals surface area contributed by atoms with E-state index in [0.717, 1.165) is 0 Å². The molecule has 1 N–H and O–H groups in total. The SMILES string of the molecule is CCN(CC)C(=O)c1ccc(OCC(=O)Nc2cc(Cl)ccc2OC)cc1. The fraction of sp³-hybridized carbons (Fsp3) is 0.300. The Bertz CT molecular complexity index is 789. The molecule has 0 saturated carbocycles. The van der Waals surface area contributed by atoms with Crippen LogP contribution in [0, 0.1) is 0 Å². The van der Waals surface area contributed by atoms with Crippen molar-refractivity contribution in [1.82, 2.24) is 4.90 Å². The predicted octanol–water partition coefficient (Wildman–Crippen LogP) is 3.85. The molecule has 0 fully saturated rings. The van der Waals surface area contributed by atoms with Crippen molar-refractivity contribution in [3.63, 3.8) is 0 Å². The van der Waals surface area contributed by atoms with Crippen LogP contribution in [0.4, 0.5) is 5.69 Å².